The van der Waals surface area contributed by atoms with Crippen molar-refractivity contribution in [3.63, 3.8) is 0 Å². The van der Waals surface area contributed by atoms with E-state index in [4.69, 9.17) is 9.47 Å². The highest BCUT2D eigenvalue weighted by atomic mass is 16.5. The maximum Gasteiger partial charge on any atom is 0.224 e. The third kappa shape index (κ3) is 7.14. The monoisotopic (exact) mass is 398 g/mol. The smallest absolute Gasteiger partial charge is 0.224 e. The Balaban J connectivity index is 1.80. The fraction of sp³-hybridized carbons (Fsp3) is 0.391. The Morgan fingerprint density at radius 1 is 1.00 bits per heavy atom. The number of amides is 2. The number of nitrogens with one attached hydrogen (secondary N) is 2. The molecule has 0 bridgehead atoms. The zero-order chi connectivity index (χ0) is 21.4. The van der Waals surface area contributed by atoms with E-state index in [1.54, 1.807) is 18.2 Å². The summed E-state index contributed by atoms with van der Waals surface area (Å²) < 4.78 is 10.9. The molecule has 156 valence electrons. The van der Waals surface area contributed by atoms with Crippen LogP contribution in [-0.2, 0) is 15.0 Å². The maximum absolute atomic E-state index is 12.2. The van der Waals surface area contributed by atoms with Crippen molar-refractivity contribution >= 4 is 23.2 Å². The molecule has 0 radical (unpaired) electrons. The molecule has 0 saturated carbocycles. The van der Waals surface area contributed by atoms with Crippen molar-refractivity contribution in [2.45, 2.75) is 46.0 Å². The van der Waals surface area contributed by atoms with E-state index >= 15 is 0 Å². The van der Waals surface area contributed by atoms with E-state index < -0.39 is 0 Å². The molecule has 0 fully saturated rings. The molecule has 2 rings (SSSR count). The molecule has 0 aliphatic rings. The zero-order valence-electron chi connectivity index (χ0n) is 17.8. The Morgan fingerprint density at radius 3 is 2.28 bits per heavy atom. The third-order valence-electron chi connectivity index (χ3n) is 4.33. The van der Waals surface area contributed by atoms with Crippen LogP contribution in [0.15, 0.2) is 42.5 Å². The summed E-state index contributed by atoms with van der Waals surface area (Å²) in [7, 11) is 1.52. The number of carbonyl (C=O) groups is 2. The average molecular weight is 399 g/mol. The van der Waals surface area contributed by atoms with Gasteiger partial charge in [0.15, 0.2) is 0 Å². The molecule has 0 heterocycles. The van der Waals surface area contributed by atoms with Gasteiger partial charge in [-0.3, -0.25) is 9.59 Å². The lowest BCUT2D eigenvalue weighted by atomic mass is 9.87. The SMILES string of the molecule is COc1ccc(NC(=O)CCCOc2ccc(C(C)(C)C)cc2)cc1NC(C)=O. The first-order valence-electron chi connectivity index (χ1n) is 9.68. The van der Waals surface area contributed by atoms with Crippen LogP contribution in [-0.4, -0.2) is 25.5 Å². The van der Waals surface area contributed by atoms with Crippen molar-refractivity contribution in [1.82, 2.24) is 0 Å². The van der Waals surface area contributed by atoms with Gasteiger partial charge in [0, 0.05) is 19.0 Å². The number of methoxy groups -OCH3 is 1. The summed E-state index contributed by atoms with van der Waals surface area (Å²) in [4.78, 5) is 23.5. The van der Waals surface area contributed by atoms with Crippen molar-refractivity contribution in [3.05, 3.63) is 48.0 Å². The molecular weight excluding hydrogens is 368 g/mol. The second-order valence-corrected chi connectivity index (χ2v) is 7.87. The number of hydrogen-bond donors (Lipinski definition) is 2. The Morgan fingerprint density at radius 2 is 1.69 bits per heavy atom. The fourth-order valence-corrected chi connectivity index (χ4v) is 2.77. The molecule has 0 unspecified atom stereocenters. The van der Waals surface area contributed by atoms with Crippen LogP contribution in [0.25, 0.3) is 0 Å². The molecule has 0 saturated heterocycles. The van der Waals surface area contributed by atoms with Crippen LogP contribution in [0.3, 0.4) is 0 Å². The molecule has 0 atom stereocenters. The van der Waals surface area contributed by atoms with Gasteiger partial charge in [-0.2, -0.15) is 0 Å². The predicted octanol–water partition coefficient (Wildman–Crippen LogP) is 4.75. The van der Waals surface area contributed by atoms with Gasteiger partial charge in [0.05, 0.1) is 19.4 Å². The molecule has 2 aromatic carbocycles. The van der Waals surface area contributed by atoms with Crippen molar-refractivity contribution < 1.29 is 19.1 Å². The zero-order valence-corrected chi connectivity index (χ0v) is 17.8. The number of ether oxygens (including phenoxy) is 2. The lowest BCUT2D eigenvalue weighted by Crippen LogP contribution is -2.14. The van der Waals surface area contributed by atoms with E-state index in [0.29, 0.717) is 36.6 Å². The molecule has 6 nitrogen and oxygen atoms in total. The van der Waals surface area contributed by atoms with Gasteiger partial charge < -0.3 is 20.1 Å². The number of carbonyl (C=O) groups excluding carboxylic acids is 2. The fourth-order valence-electron chi connectivity index (χ4n) is 2.77. The van der Waals surface area contributed by atoms with E-state index in [9.17, 15) is 9.59 Å². The Bertz CT molecular complexity index is 839. The molecule has 0 spiro atoms. The first kappa shape index (κ1) is 22.3. The van der Waals surface area contributed by atoms with Crippen LogP contribution >= 0.6 is 0 Å². The summed E-state index contributed by atoms with van der Waals surface area (Å²) in [6.45, 7) is 8.39. The summed E-state index contributed by atoms with van der Waals surface area (Å²) in [5.74, 6) is 1.01. The number of anilines is 2. The lowest BCUT2D eigenvalue weighted by molar-refractivity contribution is -0.116. The van der Waals surface area contributed by atoms with Crippen LogP contribution in [0.2, 0.25) is 0 Å². The second-order valence-electron chi connectivity index (χ2n) is 7.87. The summed E-state index contributed by atoms with van der Waals surface area (Å²) in [5.41, 5.74) is 2.47. The molecule has 6 heteroatoms. The predicted molar refractivity (Wildman–Crippen MR) is 116 cm³/mol. The lowest BCUT2D eigenvalue weighted by Gasteiger charge is -2.19. The van der Waals surface area contributed by atoms with Crippen LogP contribution < -0.4 is 20.1 Å². The first-order chi connectivity index (χ1) is 13.7. The van der Waals surface area contributed by atoms with E-state index in [2.05, 4.69) is 43.5 Å². The molecular formula is C23H30N2O4. The Labute approximate surface area is 172 Å². The molecule has 2 N–H and O–H groups in total. The number of rotatable bonds is 8. The van der Waals surface area contributed by atoms with Crippen molar-refractivity contribution in [2.24, 2.45) is 0 Å². The summed E-state index contributed by atoms with van der Waals surface area (Å²) in [6.07, 6.45) is 0.934. The van der Waals surface area contributed by atoms with Crippen molar-refractivity contribution in [2.75, 3.05) is 24.4 Å². The van der Waals surface area contributed by atoms with Gasteiger partial charge in [0.25, 0.3) is 0 Å². The van der Waals surface area contributed by atoms with Crippen molar-refractivity contribution in [3.8, 4) is 11.5 Å². The summed E-state index contributed by atoms with van der Waals surface area (Å²) in [6, 6.07) is 13.2. The second kappa shape index (κ2) is 9.96. The van der Waals surface area contributed by atoms with Gasteiger partial charge in [-0.05, 0) is 47.7 Å². The Kier molecular flexibility index (Phi) is 7.65. The molecule has 0 aliphatic carbocycles. The molecule has 0 aromatic heterocycles. The highest BCUT2D eigenvalue weighted by Gasteiger charge is 2.13. The minimum absolute atomic E-state index is 0.109. The van der Waals surface area contributed by atoms with Gasteiger partial charge in [0.2, 0.25) is 11.8 Å². The van der Waals surface area contributed by atoms with Crippen LogP contribution in [0.1, 0.15) is 46.1 Å². The average Bonchev–Trinajstić information content (AvgIpc) is 2.65. The van der Waals surface area contributed by atoms with Gasteiger partial charge in [-0.25, -0.2) is 0 Å². The topological polar surface area (TPSA) is 76.7 Å². The largest absolute Gasteiger partial charge is 0.495 e. The molecule has 2 aromatic rings. The van der Waals surface area contributed by atoms with Gasteiger partial charge in [0.1, 0.15) is 11.5 Å². The highest BCUT2D eigenvalue weighted by Crippen LogP contribution is 2.28. The van der Waals surface area contributed by atoms with E-state index in [1.807, 2.05) is 12.1 Å². The Hall–Kier alpha value is -3.02. The normalized spacial score (nSPS) is 10.9. The van der Waals surface area contributed by atoms with Crippen LogP contribution in [0, 0.1) is 0 Å². The van der Waals surface area contributed by atoms with Crippen LogP contribution in [0.4, 0.5) is 11.4 Å². The number of hydrogen-bond acceptors (Lipinski definition) is 4. The van der Waals surface area contributed by atoms with Crippen molar-refractivity contribution in [1.29, 1.82) is 0 Å². The third-order valence-corrected chi connectivity index (χ3v) is 4.33. The minimum Gasteiger partial charge on any atom is -0.495 e. The van der Waals surface area contributed by atoms with Gasteiger partial charge in [-0.15, -0.1) is 0 Å². The standard InChI is InChI=1S/C23H30N2O4/c1-16(26)24-20-15-18(10-13-21(20)28-5)25-22(27)7-6-14-29-19-11-8-17(9-12-19)23(2,3)4/h8-13,15H,6-7,14H2,1-5H3,(H,24,26)(H,25,27). The van der Waals surface area contributed by atoms with Gasteiger partial charge in [-0.1, -0.05) is 32.9 Å². The quantitative estimate of drug-likeness (QED) is 0.629. The molecule has 29 heavy (non-hydrogen) atoms. The van der Waals surface area contributed by atoms with Crippen LogP contribution in [0.5, 0.6) is 11.5 Å². The van der Waals surface area contributed by atoms with E-state index in [-0.39, 0.29) is 17.2 Å². The highest BCUT2D eigenvalue weighted by molar-refractivity contribution is 5.94. The summed E-state index contributed by atoms with van der Waals surface area (Å²) >= 11 is 0. The first-order valence-corrected chi connectivity index (χ1v) is 9.68. The molecule has 0 aliphatic heterocycles. The van der Waals surface area contributed by atoms with Gasteiger partial charge >= 0.3 is 0 Å². The number of benzene rings is 2. The minimum atomic E-state index is -0.209. The molecule has 2 amide bonds. The van der Waals surface area contributed by atoms with E-state index in [0.717, 1.165) is 5.75 Å². The summed E-state index contributed by atoms with van der Waals surface area (Å²) in [5, 5.41) is 5.51. The maximum atomic E-state index is 12.2. The van der Waals surface area contributed by atoms with E-state index in [1.165, 1.54) is 19.6 Å².